The molecule has 1 amide bonds. The molecule has 1 aliphatic heterocycles. The van der Waals surface area contributed by atoms with Crippen LogP contribution in [-0.4, -0.2) is 34.7 Å². The molecule has 0 saturated carbocycles. The van der Waals surface area contributed by atoms with Gasteiger partial charge in [0, 0.05) is 25.7 Å². The van der Waals surface area contributed by atoms with E-state index in [1.165, 1.54) is 23.7 Å². The Morgan fingerprint density at radius 2 is 1.89 bits per heavy atom. The SMILES string of the molecule is Cc1ccc(CNC(=O)CSc2cc(N3C[C@H](C)C[C@H](C)C3)ncn2)cc1. The first kappa shape index (κ1) is 19.7. The van der Waals surface area contributed by atoms with Crippen molar-refractivity contribution in [3.63, 3.8) is 0 Å². The van der Waals surface area contributed by atoms with Crippen LogP contribution in [0.5, 0.6) is 0 Å². The summed E-state index contributed by atoms with van der Waals surface area (Å²) in [6.07, 6.45) is 2.87. The van der Waals surface area contributed by atoms with Crippen LogP contribution in [0.15, 0.2) is 41.7 Å². The lowest BCUT2D eigenvalue weighted by Crippen LogP contribution is -2.39. The molecule has 1 saturated heterocycles. The highest BCUT2D eigenvalue weighted by molar-refractivity contribution is 7.99. The molecule has 3 rings (SSSR count). The molecule has 2 aromatic rings. The van der Waals surface area contributed by atoms with Gasteiger partial charge in [0.2, 0.25) is 5.91 Å². The van der Waals surface area contributed by atoms with E-state index in [1.807, 2.05) is 18.2 Å². The van der Waals surface area contributed by atoms with Gasteiger partial charge in [0.05, 0.1) is 5.75 Å². The Hall–Kier alpha value is -2.08. The molecule has 2 heterocycles. The van der Waals surface area contributed by atoms with Crippen LogP contribution in [0.25, 0.3) is 0 Å². The predicted octanol–water partition coefficient (Wildman–Crippen LogP) is 3.68. The van der Waals surface area contributed by atoms with Crippen molar-refractivity contribution in [1.29, 1.82) is 0 Å². The first-order valence-electron chi connectivity index (χ1n) is 9.51. The molecule has 0 aliphatic carbocycles. The molecule has 1 aromatic heterocycles. The van der Waals surface area contributed by atoms with E-state index in [4.69, 9.17) is 0 Å². The fourth-order valence-corrected chi connectivity index (χ4v) is 4.22. The van der Waals surface area contributed by atoms with E-state index in [-0.39, 0.29) is 5.91 Å². The van der Waals surface area contributed by atoms with Crippen molar-refractivity contribution in [2.75, 3.05) is 23.7 Å². The summed E-state index contributed by atoms with van der Waals surface area (Å²) in [4.78, 5) is 23.2. The van der Waals surface area contributed by atoms with Gasteiger partial charge in [-0.3, -0.25) is 4.79 Å². The number of aryl methyl sites for hydroxylation is 1. The summed E-state index contributed by atoms with van der Waals surface area (Å²) in [5, 5.41) is 3.81. The van der Waals surface area contributed by atoms with Gasteiger partial charge in [0.25, 0.3) is 0 Å². The molecule has 2 atom stereocenters. The molecular formula is C21H28N4OS. The lowest BCUT2D eigenvalue weighted by atomic mass is 9.92. The Kier molecular flexibility index (Phi) is 6.72. The van der Waals surface area contributed by atoms with E-state index in [9.17, 15) is 4.79 Å². The average molecular weight is 385 g/mol. The second-order valence-electron chi connectivity index (χ2n) is 7.62. The van der Waals surface area contributed by atoms with Crippen LogP contribution >= 0.6 is 11.8 Å². The van der Waals surface area contributed by atoms with Crippen LogP contribution in [0.3, 0.4) is 0 Å². The standard InChI is InChI=1S/C21H28N4OS/c1-15-4-6-18(7-5-15)10-22-20(26)13-27-21-9-19(23-14-24-21)25-11-16(2)8-17(3)12-25/h4-7,9,14,16-17H,8,10-13H2,1-3H3,(H,22,26)/t16-,17+. The zero-order chi connectivity index (χ0) is 19.2. The van der Waals surface area contributed by atoms with Crippen LogP contribution in [0.2, 0.25) is 0 Å². The van der Waals surface area contributed by atoms with E-state index in [2.05, 4.69) is 53.1 Å². The largest absolute Gasteiger partial charge is 0.356 e. The Morgan fingerprint density at radius 1 is 1.19 bits per heavy atom. The summed E-state index contributed by atoms with van der Waals surface area (Å²) in [5.74, 6) is 2.68. The molecule has 1 aliphatic rings. The Bertz CT molecular complexity index is 755. The maximum Gasteiger partial charge on any atom is 0.230 e. The number of benzene rings is 1. The highest BCUT2D eigenvalue weighted by Crippen LogP contribution is 2.26. The number of hydrogen-bond acceptors (Lipinski definition) is 5. The van der Waals surface area contributed by atoms with Crippen molar-refractivity contribution in [3.8, 4) is 0 Å². The third-order valence-electron chi connectivity index (χ3n) is 4.78. The maximum atomic E-state index is 12.1. The van der Waals surface area contributed by atoms with Gasteiger partial charge in [-0.1, -0.05) is 55.4 Å². The van der Waals surface area contributed by atoms with Gasteiger partial charge >= 0.3 is 0 Å². The number of thioether (sulfide) groups is 1. The highest BCUT2D eigenvalue weighted by atomic mass is 32.2. The van der Waals surface area contributed by atoms with E-state index < -0.39 is 0 Å². The zero-order valence-corrected chi connectivity index (χ0v) is 17.1. The molecule has 1 N–H and O–H groups in total. The molecular weight excluding hydrogens is 356 g/mol. The summed E-state index contributed by atoms with van der Waals surface area (Å²) in [7, 11) is 0. The van der Waals surface area contributed by atoms with Gasteiger partial charge in [-0.05, 0) is 30.7 Å². The van der Waals surface area contributed by atoms with Crippen molar-refractivity contribution in [3.05, 3.63) is 47.8 Å². The highest BCUT2D eigenvalue weighted by Gasteiger charge is 2.23. The molecule has 0 unspecified atom stereocenters. The van der Waals surface area contributed by atoms with Crippen molar-refractivity contribution in [2.45, 2.75) is 38.8 Å². The Labute approximate surface area is 166 Å². The van der Waals surface area contributed by atoms with Gasteiger partial charge in [-0.25, -0.2) is 9.97 Å². The lowest BCUT2D eigenvalue weighted by Gasteiger charge is -2.35. The Morgan fingerprint density at radius 3 is 2.59 bits per heavy atom. The minimum absolute atomic E-state index is 0.0148. The van der Waals surface area contributed by atoms with Crippen molar-refractivity contribution in [1.82, 2.24) is 15.3 Å². The maximum absolute atomic E-state index is 12.1. The summed E-state index contributed by atoms with van der Waals surface area (Å²) in [5.41, 5.74) is 2.33. The lowest BCUT2D eigenvalue weighted by molar-refractivity contribution is -0.118. The number of carbonyl (C=O) groups excluding carboxylic acids is 1. The quantitative estimate of drug-likeness (QED) is 0.608. The molecule has 0 radical (unpaired) electrons. The average Bonchev–Trinajstić information content (AvgIpc) is 2.65. The first-order valence-corrected chi connectivity index (χ1v) is 10.5. The number of carbonyl (C=O) groups is 1. The van der Waals surface area contributed by atoms with E-state index in [0.717, 1.165) is 29.5 Å². The first-order chi connectivity index (χ1) is 13.0. The Balaban J connectivity index is 1.50. The number of anilines is 1. The van der Waals surface area contributed by atoms with Gasteiger partial charge in [0.1, 0.15) is 17.2 Å². The van der Waals surface area contributed by atoms with E-state index >= 15 is 0 Å². The second kappa shape index (κ2) is 9.22. The van der Waals surface area contributed by atoms with Gasteiger partial charge < -0.3 is 10.2 Å². The fraction of sp³-hybridized carbons (Fsp3) is 0.476. The summed E-state index contributed by atoms with van der Waals surface area (Å²) < 4.78 is 0. The summed E-state index contributed by atoms with van der Waals surface area (Å²) in [6.45, 7) is 9.25. The number of aromatic nitrogens is 2. The number of amides is 1. The summed E-state index contributed by atoms with van der Waals surface area (Å²) >= 11 is 1.46. The number of rotatable bonds is 6. The normalized spacial score (nSPS) is 19.7. The zero-order valence-electron chi connectivity index (χ0n) is 16.3. The van der Waals surface area contributed by atoms with Crippen LogP contribution in [0.1, 0.15) is 31.4 Å². The van der Waals surface area contributed by atoms with E-state index in [0.29, 0.717) is 24.1 Å². The molecule has 0 bridgehead atoms. The number of nitrogens with zero attached hydrogens (tertiary/aromatic N) is 3. The minimum Gasteiger partial charge on any atom is -0.356 e. The number of nitrogens with one attached hydrogen (secondary N) is 1. The molecule has 1 aromatic carbocycles. The van der Waals surface area contributed by atoms with Crippen molar-refractivity contribution >= 4 is 23.5 Å². The fourth-order valence-electron chi connectivity index (χ4n) is 3.53. The van der Waals surface area contributed by atoms with Crippen LogP contribution in [-0.2, 0) is 11.3 Å². The molecule has 1 fully saturated rings. The van der Waals surface area contributed by atoms with Gasteiger partial charge in [0.15, 0.2) is 0 Å². The van der Waals surface area contributed by atoms with Crippen molar-refractivity contribution in [2.24, 2.45) is 11.8 Å². The predicted molar refractivity (Wildman–Crippen MR) is 111 cm³/mol. The van der Waals surface area contributed by atoms with Gasteiger partial charge in [-0.15, -0.1) is 0 Å². The molecule has 144 valence electrons. The van der Waals surface area contributed by atoms with Crippen LogP contribution in [0.4, 0.5) is 5.82 Å². The third kappa shape index (κ3) is 5.96. The van der Waals surface area contributed by atoms with Crippen LogP contribution in [0, 0.1) is 18.8 Å². The van der Waals surface area contributed by atoms with Crippen molar-refractivity contribution < 1.29 is 4.79 Å². The summed E-state index contributed by atoms with van der Waals surface area (Å²) in [6, 6.07) is 10.2. The smallest absolute Gasteiger partial charge is 0.230 e. The molecule has 6 heteroatoms. The molecule has 27 heavy (non-hydrogen) atoms. The van der Waals surface area contributed by atoms with E-state index in [1.54, 1.807) is 6.33 Å². The third-order valence-corrected chi connectivity index (χ3v) is 5.71. The molecule has 0 spiro atoms. The topological polar surface area (TPSA) is 58.1 Å². The monoisotopic (exact) mass is 384 g/mol. The van der Waals surface area contributed by atoms with Gasteiger partial charge in [-0.2, -0.15) is 0 Å². The second-order valence-corrected chi connectivity index (χ2v) is 8.61. The minimum atomic E-state index is 0.0148. The number of hydrogen-bond donors (Lipinski definition) is 1. The molecule has 5 nitrogen and oxygen atoms in total. The number of piperidine rings is 1. The van der Waals surface area contributed by atoms with Crippen LogP contribution < -0.4 is 10.2 Å².